The van der Waals surface area contributed by atoms with E-state index in [1.807, 2.05) is 18.8 Å². The molecular formula is C34H20F10O. The van der Waals surface area contributed by atoms with Gasteiger partial charge in [-0.3, -0.25) is 0 Å². The van der Waals surface area contributed by atoms with Crippen LogP contribution in [-0.4, -0.2) is 0 Å². The first-order chi connectivity index (χ1) is 21.3. The lowest BCUT2D eigenvalue weighted by Crippen LogP contribution is -2.25. The fourth-order valence-electron chi connectivity index (χ4n) is 4.15. The number of alkyl halides is 2. The zero-order valence-electron chi connectivity index (χ0n) is 23.2. The molecule has 0 aliphatic rings. The fraction of sp³-hybridized carbons (Fsp3) is 0.176. The molecule has 45 heavy (non-hydrogen) atoms. The minimum atomic E-state index is -4.78. The molecule has 0 N–H and O–H groups in total. The Balaban J connectivity index is 1.54. The van der Waals surface area contributed by atoms with Gasteiger partial charge in [0.05, 0.1) is 11.1 Å². The molecule has 4 aromatic carbocycles. The number of rotatable bonds is 7. The zero-order valence-corrected chi connectivity index (χ0v) is 23.2. The summed E-state index contributed by atoms with van der Waals surface area (Å²) in [4.78, 5) is 0. The average Bonchev–Trinajstić information content (AvgIpc) is 2.94. The minimum Gasteiger partial charge on any atom is -0.429 e. The van der Waals surface area contributed by atoms with Crippen LogP contribution in [0.15, 0.2) is 54.6 Å². The van der Waals surface area contributed by atoms with Gasteiger partial charge in [0.25, 0.3) is 0 Å². The van der Waals surface area contributed by atoms with Crippen LogP contribution in [0.25, 0.3) is 0 Å². The number of ether oxygens (including phenoxy) is 1. The van der Waals surface area contributed by atoms with Gasteiger partial charge in [0.1, 0.15) is 40.4 Å². The van der Waals surface area contributed by atoms with Gasteiger partial charge in [-0.1, -0.05) is 49.5 Å². The molecule has 0 heterocycles. The van der Waals surface area contributed by atoms with E-state index >= 15 is 0 Å². The highest BCUT2D eigenvalue weighted by Crippen LogP contribution is 2.36. The largest absolute Gasteiger partial charge is 0.432 e. The van der Waals surface area contributed by atoms with Gasteiger partial charge in [-0.05, 0) is 54.8 Å². The highest BCUT2D eigenvalue weighted by Gasteiger charge is 2.41. The van der Waals surface area contributed by atoms with E-state index in [1.165, 1.54) is 12.1 Å². The van der Waals surface area contributed by atoms with Crippen molar-refractivity contribution in [1.29, 1.82) is 0 Å². The van der Waals surface area contributed by atoms with Gasteiger partial charge in [0, 0.05) is 23.3 Å². The van der Waals surface area contributed by atoms with E-state index in [9.17, 15) is 43.9 Å². The van der Waals surface area contributed by atoms with E-state index < -0.39 is 80.6 Å². The Labute approximate surface area is 251 Å². The summed E-state index contributed by atoms with van der Waals surface area (Å²) in [5, 5.41) is 0. The maximum Gasteiger partial charge on any atom is 0.432 e. The normalized spacial score (nSPS) is 11.0. The second-order valence-electron chi connectivity index (χ2n) is 9.72. The molecule has 0 saturated carbocycles. The summed E-state index contributed by atoms with van der Waals surface area (Å²) < 4.78 is 146. The third-order valence-corrected chi connectivity index (χ3v) is 6.35. The Morgan fingerprint density at radius 2 is 1.16 bits per heavy atom. The number of aryl methyl sites for hydroxylation is 1. The Morgan fingerprint density at radius 3 is 1.71 bits per heavy atom. The van der Waals surface area contributed by atoms with Gasteiger partial charge in [-0.25, -0.2) is 35.1 Å². The molecule has 0 radical (unpaired) electrons. The van der Waals surface area contributed by atoms with Crippen LogP contribution in [0.1, 0.15) is 59.6 Å². The summed E-state index contributed by atoms with van der Waals surface area (Å²) in [6.45, 7) is 2.03. The number of hydrogen-bond donors (Lipinski definition) is 0. The van der Waals surface area contributed by atoms with Gasteiger partial charge >= 0.3 is 6.11 Å². The van der Waals surface area contributed by atoms with Crippen molar-refractivity contribution in [3.8, 4) is 29.4 Å². The summed E-state index contributed by atoms with van der Waals surface area (Å²) in [7, 11) is 0. The summed E-state index contributed by atoms with van der Waals surface area (Å²) in [6.07, 6.45) is -1.28. The molecule has 1 nitrogen and oxygen atoms in total. The Hall–Kier alpha value is -4.90. The molecule has 0 unspecified atom stereocenters. The molecule has 0 saturated heterocycles. The highest BCUT2D eigenvalue weighted by molar-refractivity contribution is 5.48. The van der Waals surface area contributed by atoms with E-state index in [4.69, 9.17) is 0 Å². The lowest BCUT2D eigenvalue weighted by molar-refractivity contribution is -0.189. The van der Waals surface area contributed by atoms with Crippen LogP contribution < -0.4 is 4.74 Å². The molecule has 0 spiro atoms. The summed E-state index contributed by atoms with van der Waals surface area (Å²) in [5.74, 6) is -4.99. The first-order valence-corrected chi connectivity index (χ1v) is 13.3. The van der Waals surface area contributed by atoms with Crippen molar-refractivity contribution in [3.05, 3.63) is 135 Å². The first-order valence-electron chi connectivity index (χ1n) is 13.3. The van der Waals surface area contributed by atoms with E-state index in [1.54, 1.807) is 6.07 Å². The summed E-state index contributed by atoms with van der Waals surface area (Å²) in [6, 6.07) is 6.67. The summed E-state index contributed by atoms with van der Waals surface area (Å²) >= 11 is 0. The summed E-state index contributed by atoms with van der Waals surface area (Å²) in [5.41, 5.74) is -3.15. The number of hydrogen-bond acceptors (Lipinski definition) is 1. The molecule has 0 aromatic heterocycles. The van der Waals surface area contributed by atoms with Gasteiger partial charge < -0.3 is 4.74 Å². The number of benzene rings is 4. The highest BCUT2D eigenvalue weighted by atomic mass is 19.3. The maximum atomic E-state index is 14.8. The predicted molar refractivity (Wildman–Crippen MR) is 145 cm³/mol. The smallest absolute Gasteiger partial charge is 0.429 e. The van der Waals surface area contributed by atoms with E-state index in [-0.39, 0.29) is 17.7 Å². The van der Waals surface area contributed by atoms with Crippen LogP contribution in [0, 0.1) is 70.2 Å². The van der Waals surface area contributed by atoms with Crippen molar-refractivity contribution in [2.45, 2.75) is 38.7 Å². The Bertz CT molecular complexity index is 1810. The van der Waals surface area contributed by atoms with Crippen molar-refractivity contribution in [3.63, 3.8) is 0 Å². The van der Waals surface area contributed by atoms with Gasteiger partial charge in [-0.2, -0.15) is 8.78 Å². The molecule has 0 fully saturated rings. The van der Waals surface area contributed by atoms with Crippen LogP contribution in [0.5, 0.6) is 5.75 Å². The third kappa shape index (κ3) is 7.98. The molecular weight excluding hydrogens is 614 g/mol. The number of halogens is 10. The maximum absolute atomic E-state index is 14.8. The minimum absolute atomic E-state index is 0.0815. The van der Waals surface area contributed by atoms with Gasteiger partial charge in [-0.15, -0.1) is 0 Å². The van der Waals surface area contributed by atoms with Crippen molar-refractivity contribution in [2.75, 3.05) is 0 Å². The lowest BCUT2D eigenvalue weighted by atomic mass is 10.0. The average molecular weight is 635 g/mol. The van der Waals surface area contributed by atoms with Crippen LogP contribution in [0.4, 0.5) is 43.9 Å². The molecule has 0 amide bonds. The molecule has 4 aromatic rings. The van der Waals surface area contributed by atoms with E-state index in [2.05, 4.69) is 16.6 Å². The first kappa shape index (κ1) is 33.0. The third-order valence-electron chi connectivity index (χ3n) is 6.35. The quantitative estimate of drug-likeness (QED) is 0.0852. The van der Waals surface area contributed by atoms with Crippen LogP contribution in [-0.2, 0) is 12.5 Å². The van der Waals surface area contributed by atoms with Gasteiger partial charge in [0.15, 0.2) is 17.5 Å². The zero-order chi connectivity index (χ0) is 32.9. The molecule has 0 aliphatic carbocycles. The van der Waals surface area contributed by atoms with Gasteiger partial charge in [0.2, 0.25) is 0 Å². The van der Waals surface area contributed by atoms with Crippen molar-refractivity contribution in [1.82, 2.24) is 0 Å². The van der Waals surface area contributed by atoms with E-state index in [0.717, 1.165) is 24.8 Å². The molecule has 0 atom stereocenters. The lowest BCUT2D eigenvalue weighted by Gasteiger charge is -2.20. The van der Waals surface area contributed by atoms with Crippen LogP contribution >= 0.6 is 0 Å². The van der Waals surface area contributed by atoms with Crippen LogP contribution in [0.2, 0.25) is 0 Å². The molecule has 232 valence electrons. The Morgan fingerprint density at radius 1 is 0.600 bits per heavy atom. The Kier molecular flexibility index (Phi) is 10.1. The molecule has 4 rings (SSSR count). The molecule has 0 bridgehead atoms. The van der Waals surface area contributed by atoms with Crippen molar-refractivity contribution < 1.29 is 48.6 Å². The SMILES string of the molecule is CCCCCc1ccc(C#Cc2cc(F)c(C(F)(F)Oc3cc(F)c(C#Cc4cc(F)c(F)c(F)c4)c(F)c3)c(F)c2)c(F)c1. The number of unbranched alkanes of at least 4 members (excludes halogenated alkanes) is 2. The monoisotopic (exact) mass is 634 g/mol. The van der Waals surface area contributed by atoms with Crippen molar-refractivity contribution >= 4 is 0 Å². The van der Waals surface area contributed by atoms with Crippen LogP contribution in [0.3, 0.4) is 0 Å². The molecule has 0 aliphatic heterocycles. The second-order valence-corrected chi connectivity index (χ2v) is 9.72. The molecule has 11 heteroatoms. The second kappa shape index (κ2) is 13.8. The van der Waals surface area contributed by atoms with E-state index in [0.29, 0.717) is 30.7 Å². The topological polar surface area (TPSA) is 9.23 Å². The van der Waals surface area contributed by atoms with Crippen molar-refractivity contribution in [2.24, 2.45) is 0 Å². The standard InChI is InChI=1S/C34H20F10O/c1-2-3-4-5-19-6-9-22(25(35)12-19)10-7-20-13-28(38)32(29(39)14-20)34(43,44)45-23-17-26(36)24(27(37)18-23)11-8-21-15-30(40)33(42)31(41)16-21/h6,9,12-18H,2-5H2,1H3. The predicted octanol–water partition coefficient (Wildman–Crippen LogP) is 9.46. The fourth-order valence-corrected chi connectivity index (χ4v) is 4.15.